The standard InChI is InChI=1S/C40H45B19/c41-22-17(18-19(29(48)37(56)36(55)28(18)47)20(23(22)42)21-30(49)38(57)40(59)39(58)31(21)50)12-15-13(24(43)32(51)34(53)26(15)45)11(10-6-5-8-3-1-2-4-9(8)7-10)14-16(12)27(46)35(54)33(52)25(14)44/h1-7H,41-59H2. The fourth-order valence-electron chi connectivity index (χ4n) is 11.2. The molecule has 0 aliphatic rings. The Morgan fingerprint density at radius 2 is 0.475 bits per heavy atom. The van der Waals surface area contributed by atoms with Gasteiger partial charge in [0.2, 0.25) is 0 Å². The molecule has 0 bridgehead atoms. The van der Waals surface area contributed by atoms with E-state index in [-0.39, 0.29) is 0 Å². The predicted octanol–water partition coefficient (Wildman–Crippen LogP) is -21.8. The summed E-state index contributed by atoms with van der Waals surface area (Å²) in [6.07, 6.45) is 0. The van der Waals surface area contributed by atoms with Gasteiger partial charge in [-0.05, 0) is 82.5 Å². The van der Waals surface area contributed by atoms with Gasteiger partial charge in [0.25, 0.3) is 0 Å². The molecule has 0 atom stereocenters. The van der Waals surface area contributed by atoms with Gasteiger partial charge >= 0.3 is 0 Å². The Morgan fingerprint density at radius 3 is 0.864 bits per heavy atom. The predicted molar refractivity (Wildman–Crippen MR) is 328 cm³/mol. The molecule has 0 saturated heterocycles. The Kier molecular flexibility index (Phi) is 10.3. The van der Waals surface area contributed by atoms with Crippen molar-refractivity contribution in [3.8, 4) is 33.4 Å². The maximum Gasteiger partial charge on any atom is 0.139 e. The van der Waals surface area contributed by atoms with Crippen molar-refractivity contribution in [1.29, 1.82) is 0 Å². The first kappa shape index (κ1) is 41.8. The van der Waals surface area contributed by atoms with Crippen LogP contribution in [0.3, 0.4) is 0 Å². The summed E-state index contributed by atoms with van der Waals surface area (Å²) in [6, 6.07) is 16.0. The zero-order chi connectivity index (χ0) is 43.0. The van der Waals surface area contributed by atoms with Crippen molar-refractivity contribution in [3.63, 3.8) is 0 Å². The highest BCUT2D eigenvalue weighted by molar-refractivity contribution is 6.75. The second-order valence-electron chi connectivity index (χ2n) is 18.6. The van der Waals surface area contributed by atoms with Crippen LogP contribution < -0.4 is 104 Å². The quantitative estimate of drug-likeness (QED) is 0.125. The molecule has 19 heteroatoms. The molecule has 0 heterocycles. The molecule has 0 fully saturated rings. The van der Waals surface area contributed by atoms with Crippen LogP contribution in [-0.4, -0.2) is 149 Å². The van der Waals surface area contributed by atoms with Crippen LogP contribution in [0.25, 0.3) is 76.5 Å². The van der Waals surface area contributed by atoms with E-state index in [0.29, 0.717) is 0 Å². The molecular weight excluding hydrogens is 686 g/mol. The molecule has 8 aromatic rings. The van der Waals surface area contributed by atoms with Gasteiger partial charge in [-0.15, -0.1) is 49.2 Å². The van der Waals surface area contributed by atoms with Crippen LogP contribution in [-0.2, 0) is 0 Å². The van der Waals surface area contributed by atoms with Crippen molar-refractivity contribution in [2.75, 3.05) is 0 Å². The third-order valence-corrected chi connectivity index (χ3v) is 16.4. The Labute approximate surface area is 369 Å². The fourth-order valence-corrected chi connectivity index (χ4v) is 11.2. The summed E-state index contributed by atoms with van der Waals surface area (Å²) in [6.45, 7) is 0. The van der Waals surface area contributed by atoms with Crippen molar-refractivity contribution in [3.05, 3.63) is 42.5 Å². The third-order valence-electron chi connectivity index (χ3n) is 16.4. The van der Waals surface area contributed by atoms with Crippen LogP contribution in [0.2, 0.25) is 0 Å². The minimum absolute atomic E-state index is 1.28. The Balaban J connectivity index is 1.75. The van der Waals surface area contributed by atoms with Crippen LogP contribution >= 0.6 is 0 Å². The van der Waals surface area contributed by atoms with E-state index < -0.39 is 0 Å². The Hall–Kier alpha value is -3.97. The third kappa shape index (κ3) is 5.71. The zero-order valence-corrected chi connectivity index (χ0v) is 39.5. The molecule has 262 valence electrons. The van der Waals surface area contributed by atoms with E-state index in [1.54, 1.807) is 0 Å². The lowest BCUT2D eigenvalue weighted by molar-refractivity contribution is 1.73. The summed E-state index contributed by atoms with van der Waals surface area (Å²) in [4.78, 5) is 0. The van der Waals surface area contributed by atoms with E-state index in [4.69, 9.17) is 0 Å². The van der Waals surface area contributed by atoms with Crippen LogP contribution in [0, 0.1) is 0 Å². The maximum absolute atomic E-state index is 2.45. The summed E-state index contributed by atoms with van der Waals surface area (Å²) in [5, 5.41) is 11.0. The van der Waals surface area contributed by atoms with Gasteiger partial charge in [-0.2, -0.15) is 0 Å². The average molecular weight is 731 g/mol. The Bertz CT molecular complexity index is 3150. The molecule has 8 rings (SSSR count). The fraction of sp³-hybridized carbons (Fsp3) is 0. The van der Waals surface area contributed by atoms with Crippen LogP contribution in [0.1, 0.15) is 0 Å². The largest absolute Gasteiger partial charge is 0.139 e. The summed E-state index contributed by atoms with van der Waals surface area (Å²) in [5.74, 6) is 0. The van der Waals surface area contributed by atoms with E-state index in [9.17, 15) is 0 Å². The van der Waals surface area contributed by atoms with Crippen molar-refractivity contribution < 1.29 is 0 Å². The van der Waals surface area contributed by atoms with Crippen LogP contribution in [0.15, 0.2) is 42.5 Å². The lowest BCUT2D eigenvalue weighted by Gasteiger charge is -2.32. The van der Waals surface area contributed by atoms with Gasteiger partial charge in [-0.1, -0.05) is 91.0 Å². The van der Waals surface area contributed by atoms with E-state index in [1.807, 2.05) is 0 Å². The molecule has 0 aromatic heterocycles. The number of rotatable bonds is 3. The highest BCUT2D eigenvalue weighted by Crippen LogP contribution is 2.42. The normalized spacial score (nSPS) is 11.7. The molecule has 0 nitrogen and oxygen atoms in total. The molecule has 0 spiro atoms. The number of benzene rings is 8. The molecule has 59 heavy (non-hydrogen) atoms. The molecule has 8 aromatic carbocycles. The molecule has 0 unspecified atom stereocenters. The SMILES string of the molecule is Bc1c(B)c(B)c(-c2c(B)c(B)c(-c3c4c(B)c(B)c(B)c(B)c4c(-c4ccc5ccccc5c4)c4c(B)c(B)c(B)c(B)c34)c3c(B)c(B)c(B)c(B)c23)c(B)c1B. The lowest BCUT2D eigenvalue weighted by atomic mass is 9.55. The second kappa shape index (κ2) is 14.6. The summed E-state index contributed by atoms with van der Waals surface area (Å²) >= 11 is 0. The topological polar surface area (TPSA) is 0 Å². The van der Waals surface area contributed by atoms with Gasteiger partial charge in [0.1, 0.15) is 149 Å². The number of hydrogen-bond donors (Lipinski definition) is 0. The van der Waals surface area contributed by atoms with Gasteiger partial charge in [-0.25, -0.2) is 0 Å². The first-order valence-electron chi connectivity index (χ1n) is 21.8. The minimum atomic E-state index is 1.28. The van der Waals surface area contributed by atoms with Crippen molar-refractivity contribution in [1.82, 2.24) is 0 Å². The number of hydrogen-bond acceptors (Lipinski definition) is 0. The monoisotopic (exact) mass is 735 g/mol. The minimum Gasteiger partial charge on any atom is -0.102 e. The van der Waals surface area contributed by atoms with E-state index >= 15 is 0 Å². The molecule has 0 N–H and O–H groups in total. The van der Waals surface area contributed by atoms with Crippen LogP contribution in [0.4, 0.5) is 0 Å². The van der Waals surface area contributed by atoms with Crippen molar-refractivity contribution >= 4 is 296 Å². The first-order valence-corrected chi connectivity index (χ1v) is 21.8. The smallest absolute Gasteiger partial charge is 0.102 e. The van der Waals surface area contributed by atoms with Gasteiger partial charge in [0, 0.05) is 0 Å². The van der Waals surface area contributed by atoms with E-state index in [1.165, 1.54) is 180 Å². The summed E-state index contributed by atoms with van der Waals surface area (Å²) in [5.41, 5.74) is 34.9. The van der Waals surface area contributed by atoms with E-state index in [2.05, 4.69) is 192 Å². The van der Waals surface area contributed by atoms with Gasteiger partial charge in [0.15, 0.2) is 0 Å². The van der Waals surface area contributed by atoms with Crippen molar-refractivity contribution in [2.24, 2.45) is 0 Å². The second-order valence-corrected chi connectivity index (χ2v) is 18.6. The molecule has 0 aliphatic carbocycles. The zero-order valence-electron chi connectivity index (χ0n) is 39.5. The Morgan fingerprint density at radius 1 is 0.203 bits per heavy atom. The number of fused-ring (bicyclic) bond motifs is 4. The van der Waals surface area contributed by atoms with Gasteiger partial charge in [0.05, 0.1) is 0 Å². The van der Waals surface area contributed by atoms with Crippen LogP contribution in [0.5, 0.6) is 0 Å². The summed E-state index contributed by atoms with van der Waals surface area (Å²) in [7, 11) is 45.1. The molecule has 0 saturated carbocycles. The average Bonchev–Trinajstić information content (AvgIpc) is 3.23. The van der Waals surface area contributed by atoms with Crippen molar-refractivity contribution in [2.45, 2.75) is 0 Å². The molecule has 0 radical (unpaired) electrons. The first-order chi connectivity index (χ1) is 27.8. The maximum atomic E-state index is 2.45. The highest BCUT2D eigenvalue weighted by atomic mass is 14.3. The van der Waals surface area contributed by atoms with Gasteiger partial charge < -0.3 is 0 Å². The highest BCUT2D eigenvalue weighted by Gasteiger charge is 2.30. The summed E-state index contributed by atoms with van der Waals surface area (Å²) < 4.78 is 0. The lowest BCUT2D eigenvalue weighted by Crippen LogP contribution is -2.56. The molecule has 0 aliphatic heterocycles. The molecule has 0 amide bonds. The molecular formula is C40H45B19. The van der Waals surface area contributed by atoms with Gasteiger partial charge in [-0.3, -0.25) is 0 Å². The van der Waals surface area contributed by atoms with E-state index in [0.717, 1.165) is 0 Å².